The van der Waals surface area contributed by atoms with Gasteiger partial charge in [-0.1, -0.05) is 35.3 Å². The molecule has 148 valence electrons. The van der Waals surface area contributed by atoms with Crippen LogP contribution in [0.4, 0.5) is 5.69 Å². The van der Waals surface area contributed by atoms with E-state index in [9.17, 15) is 24.6 Å². The molecular weight excluding hydrogens is 417 g/mol. The Kier molecular flexibility index (Phi) is 6.06. The summed E-state index contributed by atoms with van der Waals surface area (Å²) in [6.07, 6.45) is 1.00. The molecule has 0 atom stereocenters. The molecule has 1 amide bonds. The summed E-state index contributed by atoms with van der Waals surface area (Å²) in [6, 6.07) is 11.4. The summed E-state index contributed by atoms with van der Waals surface area (Å²) in [5.74, 6) is -3.32. The van der Waals surface area contributed by atoms with E-state index in [2.05, 4.69) is 5.32 Å². The number of carbonyl (C=O) groups is 3. The zero-order valence-electron chi connectivity index (χ0n) is 14.9. The Bertz CT molecular complexity index is 1090. The van der Waals surface area contributed by atoms with E-state index < -0.39 is 23.1 Å². The third-order valence-electron chi connectivity index (χ3n) is 4.32. The summed E-state index contributed by atoms with van der Waals surface area (Å²) in [5.41, 5.74) is 1.42. The molecule has 29 heavy (non-hydrogen) atoms. The lowest BCUT2D eigenvalue weighted by Crippen LogP contribution is -2.19. The van der Waals surface area contributed by atoms with Crippen molar-refractivity contribution in [1.82, 2.24) is 0 Å². The highest BCUT2D eigenvalue weighted by molar-refractivity contribution is 6.42. The van der Waals surface area contributed by atoms with Gasteiger partial charge in [0.2, 0.25) is 11.6 Å². The van der Waals surface area contributed by atoms with Gasteiger partial charge in [-0.25, -0.2) is 0 Å². The van der Waals surface area contributed by atoms with Gasteiger partial charge in [-0.3, -0.25) is 14.4 Å². The third-order valence-corrected chi connectivity index (χ3v) is 5.06. The number of nitrogens with one attached hydrogen (secondary N) is 1. The molecule has 0 unspecified atom stereocenters. The molecular formula is C21H15Cl2NO5. The van der Waals surface area contributed by atoms with Gasteiger partial charge >= 0.3 is 0 Å². The van der Waals surface area contributed by atoms with Crippen LogP contribution < -0.4 is 5.32 Å². The molecule has 1 aliphatic carbocycles. The largest absolute Gasteiger partial charge is 0.504 e. The van der Waals surface area contributed by atoms with Crippen molar-refractivity contribution in [3.63, 3.8) is 0 Å². The number of aryl methyl sites for hydroxylation is 1. The van der Waals surface area contributed by atoms with Gasteiger partial charge in [-0.05, 0) is 48.7 Å². The standard InChI is InChI=1S/C21H15Cl2NO5/c22-15-7-5-13(9-16(15)23)24-21(29)12-3-1-2-11(8-12)4-6-14-19(27)17(25)10-18(26)20(14)28/h1-3,5,7-10,25,28H,4,6H2,(H,24,29). The summed E-state index contributed by atoms with van der Waals surface area (Å²) in [4.78, 5) is 36.0. The van der Waals surface area contributed by atoms with Crippen molar-refractivity contribution in [3.8, 4) is 0 Å². The van der Waals surface area contributed by atoms with E-state index in [1.54, 1.807) is 36.4 Å². The highest BCUT2D eigenvalue weighted by atomic mass is 35.5. The van der Waals surface area contributed by atoms with Gasteiger partial charge in [0.05, 0.1) is 10.0 Å². The highest BCUT2D eigenvalue weighted by Gasteiger charge is 2.27. The van der Waals surface area contributed by atoms with E-state index in [-0.39, 0.29) is 24.3 Å². The van der Waals surface area contributed by atoms with Gasteiger partial charge in [0.25, 0.3) is 5.91 Å². The number of carbonyl (C=O) groups excluding carboxylic acids is 3. The molecule has 1 aliphatic rings. The van der Waals surface area contributed by atoms with E-state index in [4.69, 9.17) is 23.2 Å². The number of allylic oxidation sites excluding steroid dienone is 2. The van der Waals surface area contributed by atoms with Crippen LogP contribution in [0.15, 0.2) is 65.6 Å². The molecule has 3 N–H and O–H groups in total. The molecule has 0 bridgehead atoms. The van der Waals surface area contributed by atoms with Crippen LogP contribution in [-0.4, -0.2) is 27.7 Å². The van der Waals surface area contributed by atoms with Gasteiger partial charge in [0.15, 0.2) is 11.5 Å². The molecule has 0 aromatic heterocycles. The van der Waals surface area contributed by atoms with E-state index in [0.717, 1.165) is 0 Å². The Morgan fingerprint density at radius 2 is 1.72 bits per heavy atom. The quantitative estimate of drug-likeness (QED) is 0.600. The maximum atomic E-state index is 12.5. The topological polar surface area (TPSA) is 104 Å². The van der Waals surface area contributed by atoms with Crippen molar-refractivity contribution in [3.05, 3.63) is 86.8 Å². The number of benzene rings is 2. The van der Waals surface area contributed by atoms with Crippen molar-refractivity contribution in [1.29, 1.82) is 0 Å². The number of Topliss-reactive ketones (excluding diaryl/α,β-unsaturated/α-hetero) is 1. The summed E-state index contributed by atoms with van der Waals surface area (Å²) in [7, 11) is 0. The Balaban J connectivity index is 1.72. The number of anilines is 1. The zero-order valence-corrected chi connectivity index (χ0v) is 16.4. The molecule has 2 aromatic carbocycles. The first-order chi connectivity index (χ1) is 13.8. The van der Waals surface area contributed by atoms with Gasteiger partial charge in [-0.15, -0.1) is 0 Å². The highest BCUT2D eigenvalue weighted by Crippen LogP contribution is 2.25. The van der Waals surface area contributed by atoms with E-state index in [1.807, 2.05) is 0 Å². The van der Waals surface area contributed by atoms with Gasteiger partial charge < -0.3 is 15.5 Å². The first-order valence-electron chi connectivity index (χ1n) is 8.53. The van der Waals surface area contributed by atoms with Gasteiger partial charge in [0, 0.05) is 22.9 Å². The Morgan fingerprint density at radius 3 is 2.45 bits per heavy atom. The number of amides is 1. The molecule has 2 aromatic rings. The SMILES string of the molecule is O=C1C=C(O)C(=O)C(CCc2cccc(C(=O)Nc3ccc(Cl)c(Cl)c3)c2)=C1O. The smallest absolute Gasteiger partial charge is 0.255 e. The second-order valence-corrected chi connectivity index (χ2v) is 7.15. The zero-order chi connectivity index (χ0) is 21.1. The van der Waals surface area contributed by atoms with Crippen LogP contribution in [0.2, 0.25) is 10.0 Å². The minimum atomic E-state index is -0.813. The van der Waals surface area contributed by atoms with Crippen molar-refractivity contribution in [2.45, 2.75) is 12.8 Å². The molecule has 0 saturated heterocycles. The third kappa shape index (κ3) is 4.67. The minimum absolute atomic E-state index is 0.0339. The molecule has 0 aliphatic heterocycles. The van der Waals surface area contributed by atoms with E-state index in [1.165, 1.54) is 6.07 Å². The number of aliphatic hydroxyl groups excluding tert-OH is 2. The number of ketones is 2. The van der Waals surface area contributed by atoms with Crippen LogP contribution in [0.25, 0.3) is 0 Å². The molecule has 0 saturated carbocycles. The van der Waals surface area contributed by atoms with E-state index >= 15 is 0 Å². The average molecular weight is 432 g/mol. The Morgan fingerprint density at radius 1 is 0.966 bits per heavy atom. The van der Waals surface area contributed by atoms with Crippen molar-refractivity contribution in [2.75, 3.05) is 5.32 Å². The summed E-state index contributed by atoms with van der Waals surface area (Å²) < 4.78 is 0. The predicted octanol–water partition coefficient (Wildman–Crippen LogP) is 4.58. The fourth-order valence-corrected chi connectivity index (χ4v) is 3.11. The van der Waals surface area contributed by atoms with Crippen molar-refractivity contribution >= 4 is 46.4 Å². The number of rotatable bonds is 5. The predicted molar refractivity (Wildman–Crippen MR) is 110 cm³/mol. The Labute approximate surface area is 176 Å². The van der Waals surface area contributed by atoms with Crippen LogP contribution in [0.1, 0.15) is 22.3 Å². The van der Waals surface area contributed by atoms with Gasteiger partial charge in [-0.2, -0.15) is 0 Å². The fraction of sp³-hybridized carbons (Fsp3) is 0.0952. The second-order valence-electron chi connectivity index (χ2n) is 6.33. The monoisotopic (exact) mass is 431 g/mol. The average Bonchev–Trinajstić information content (AvgIpc) is 2.69. The van der Waals surface area contributed by atoms with Crippen LogP contribution in [0, 0.1) is 0 Å². The lowest BCUT2D eigenvalue weighted by molar-refractivity contribution is -0.119. The first-order valence-corrected chi connectivity index (χ1v) is 9.29. The molecule has 0 radical (unpaired) electrons. The summed E-state index contributed by atoms with van der Waals surface area (Å²) in [5, 5.41) is 22.7. The molecule has 0 fully saturated rings. The lowest BCUT2D eigenvalue weighted by Gasteiger charge is -2.13. The number of aliphatic hydroxyl groups is 2. The first kappa shape index (κ1) is 20.6. The summed E-state index contributed by atoms with van der Waals surface area (Å²) in [6.45, 7) is 0. The second kappa shape index (κ2) is 8.51. The fourth-order valence-electron chi connectivity index (χ4n) is 2.82. The Hall–Kier alpha value is -3.09. The molecule has 6 nitrogen and oxygen atoms in total. The normalized spacial score (nSPS) is 14.1. The van der Waals surface area contributed by atoms with Crippen molar-refractivity contribution in [2.24, 2.45) is 0 Å². The van der Waals surface area contributed by atoms with Crippen LogP contribution in [-0.2, 0) is 16.0 Å². The van der Waals surface area contributed by atoms with Gasteiger partial charge in [0.1, 0.15) is 0 Å². The number of hydrogen-bond donors (Lipinski definition) is 3. The van der Waals surface area contributed by atoms with Crippen LogP contribution in [0.3, 0.4) is 0 Å². The molecule has 0 heterocycles. The lowest BCUT2D eigenvalue weighted by atomic mass is 9.94. The van der Waals surface area contributed by atoms with Crippen LogP contribution >= 0.6 is 23.2 Å². The number of halogens is 2. The van der Waals surface area contributed by atoms with E-state index in [0.29, 0.717) is 32.9 Å². The number of hydrogen-bond acceptors (Lipinski definition) is 5. The van der Waals surface area contributed by atoms with Crippen LogP contribution in [0.5, 0.6) is 0 Å². The molecule has 8 heteroatoms. The minimum Gasteiger partial charge on any atom is -0.504 e. The maximum Gasteiger partial charge on any atom is 0.255 e. The molecule has 0 spiro atoms. The molecule has 3 rings (SSSR count). The summed E-state index contributed by atoms with van der Waals surface area (Å²) >= 11 is 11.8. The van der Waals surface area contributed by atoms with Crippen molar-refractivity contribution < 1.29 is 24.6 Å². The maximum absolute atomic E-state index is 12.5.